The Balaban J connectivity index is 1.69. The Morgan fingerprint density at radius 3 is 2.56 bits per heavy atom. The average Bonchev–Trinajstić information content (AvgIpc) is 3.47. The highest BCUT2D eigenvalue weighted by Crippen LogP contribution is 2.66. The number of carbonyl (C=O) groups is 3. The summed E-state index contributed by atoms with van der Waals surface area (Å²) in [4.78, 5) is 46.1. The Morgan fingerprint density at radius 2 is 1.91 bits per heavy atom. The molecule has 2 bridgehead atoms. The fraction of sp³-hybridized carbons (Fsp3) is 0.500. The Hall–Kier alpha value is -2.58. The van der Waals surface area contributed by atoms with Crippen LogP contribution in [0.4, 0.5) is 0 Å². The summed E-state index contributed by atoms with van der Waals surface area (Å²) in [5.41, 5.74) is 0.993. The predicted octanol–water partition coefficient (Wildman–Crippen LogP) is 1.93. The Kier molecular flexibility index (Phi) is 7.19. The second-order valence-electron chi connectivity index (χ2n) is 9.31. The van der Waals surface area contributed by atoms with Gasteiger partial charge in [-0.2, -0.15) is 0 Å². The Morgan fingerprint density at radius 1 is 1.21 bits per heavy atom. The van der Waals surface area contributed by atoms with Crippen molar-refractivity contribution in [1.29, 1.82) is 0 Å². The summed E-state index contributed by atoms with van der Waals surface area (Å²) in [5.74, 6) is -1.42. The third kappa shape index (κ3) is 3.96. The van der Waals surface area contributed by atoms with Crippen molar-refractivity contribution in [3.63, 3.8) is 0 Å². The van der Waals surface area contributed by atoms with Crippen molar-refractivity contribution in [2.24, 2.45) is 11.8 Å². The lowest BCUT2D eigenvalue weighted by molar-refractivity contribution is -0.144. The number of benzene rings is 1. The molecule has 3 saturated heterocycles. The molecule has 2 unspecified atom stereocenters. The fourth-order valence-corrected chi connectivity index (χ4v) is 8.17. The quantitative estimate of drug-likeness (QED) is 0.515. The molecular weight excluding hydrogens is 450 g/mol. The van der Waals surface area contributed by atoms with E-state index in [9.17, 15) is 19.5 Å². The topological polar surface area (TPSA) is 81.2 Å². The Bertz CT molecular complexity index is 970. The molecule has 4 rings (SSSR count). The summed E-state index contributed by atoms with van der Waals surface area (Å²) >= 11 is 1.64. The summed E-state index contributed by atoms with van der Waals surface area (Å²) in [5, 5.41) is 9.77. The van der Waals surface area contributed by atoms with Crippen molar-refractivity contribution in [2.45, 2.75) is 35.4 Å². The predicted molar refractivity (Wildman–Crippen MR) is 133 cm³/mol. The van der Waals surface area contributed by atoms with E-state index < -0.39 is 22.6 Å². The number of likely N-dealkylation sites (tertiary alicyclic amines) is 1. The van der Waals surface area contributed by atoms with Crippen LogP contribution in [0.3, 0.4) is 0 Å². The molecule has 3 aliphatic heterocycles. The van der Waals surface area contributed by atoms with Crippen molar-refractivity contribution in [1.82, 2.24) is 14.7 Å². The lowest BCUT2D eigenvalue weighted by Gasteiger charge is -2.37. The molecule has 0 aliphatic carbocycles. The number of hydrogen-bond acceptors (Lipinski definition) is 5. The molecule has 5 atom stereocenters. The monoisotopic (exact) mass is 483 g/mol. The molecule has 1 spiro atoms. The molecule has 3 amide bonds. The molecule has 0 radical (unpaired) electrons. The zero-order chi connectivity index (χ0) is 24.5. The lowest BCUT2D eigenvalue weighted by atomic mass is 9.70. The first-order valence-corrected chi connectivity index (χ1v) is 12.7. The van der Waals surface area contributed by atoms with E-state index in [0.29, 0.717) is 26.1 Å². The summed E-state index contributed by atoms with van der Waals surface area (Å²) in [7, 11) is 1.73. The fourth-order valence-electron chi connectivity index (χ4n) is 5.97. The number of carbonyl (C=O) groups excluding carboxylic acids is 3. The van der Waals surface area contributed by atoms with Gasteiger partial charge in [0, 0.05) is 38.5 Å². The third-order valence-corrected chi connectivity index (χ3v) is 9.27. The molecule has 7 nitrogen and oxygen atoms in total. The highest BCUT2D eigenvalue weighted by molar-refractivity contribution is 8.02. The normalized spacial score (nSPS) is 29.1. The molecule has 1 aromatic rings. The molecule has 1 aromatic carbocycles. The van der Waals surface area contributed by atoms with Gasteiger partial charge < -0.3 is 19.8 Å². The van der Waals surface area contributed by atoms with Gasteiger partial charge in [0.25, 0.3) is 0 Å². The van der Waals surface area contributed by atoms with Gasteiger partial charge in [-0.15, -0.1) is 24.9 Å². The minimum absolute atomic E-state index is 0.0160. The molecule has 3 heterocycles. The molecular formula is C26H33N3O4S. The van der Waals surface area contributed by atoms with E-state index in [2.05, 4.69) is 13.2 Å². The maximum absolute atomic E-state index is 14.1. The second kappa shape index (κ2) is 9.96. The number of amides is 3. The molecule has 0 aromatic heterocycles. The minimum atomic E-state index is -0.710. The van der Waals surface area contributed by atoms with Crippen LogP contribution in [0.15, 0.2) is 55.6 Å². The number of nitrogens with zero attached hydrogens (tertiary/aromatic N) is 3. The van der Waals surface area contributed by atoms with Crippen LogP contribution in [0, 0.1) is 11.8 Å². The van der Waals surface area contributed by atoms with Crippen molar-refractivity contribution in [2.75, 3.05) is 33.3 Å². The molecule has 182 valence electrons. The summed E-state index contributed by atoms with van der Waals surface area (Å²) in [6, 6.07) is 9.02. The van der Waals surface area contributed by atoms with Crippen molar-refractivity contribution in [3.05, 3.63) is 61.2 Å². The van der Waals surface area contributed by atoms with Gasteiger partial charge in [-0.1, -0.05) is 42.5 Å². The number of hydrogen-bond donors (Lipinski definition) is 1. The minimum Gasteiger partial charge on any atom is -0.395 e. The van der Waals surface area contributed by atoms with E-state index in [0.717, 1.165) is 12.0 Å². The van der Waals surface area contributed by atoms with Crippen LogP contribution < -0.4 is 0 Å². The molecule has 3 fully saturated rings. The van der Waals surface area contributed by atoms with Gasteiger partial charge in [0.1, 0.15) is 6.04 Å². The third-order valence-electron chi connectivity index (χ3n) is 7.32. The first-order valence-electron chi connectivity index (χ1n) is 11.8. The van der Waals surface area contributed by atoms with Crippen LogP contribution in [0.25, 0.3) is 0 Å². The molecule has 3 aliphatic rings. The second-order valence-corrected chi connectivity index (χ2v) is 10.9. The summed E-state index contributed by atoms with van der Waals surface area (Å²) in [6.07, 6.45) is 4.87. The largest absolute Gasteiger partial charge is 0.395 e. The standard InChI is InChI=1S/C26H33N3O4S/c1-4-13-27(3)23(31)20-19-11-12-26(34-19)21(20)24(32)29(15-16-30)22(26)25(33)28(14-5-2)17-18-9-7-6-8-10-18/h4-10,19-22,30H,1-2,11-17H2,3H3/t19-,20+,21+,22?,26?/m1/s1. The number of rotatable bonds is 10. The van der Waals surface area contributed by atoms with Crippen LogP contribution in [0.1, 0.15) is 18.4 Å². The van der Waals surface area contributed by atoms with Crippen LogP contribution in [-0.4, -0.2) is 86.9 Å². The van der Waals surface area contributed by atoms with E-state index in [4.69, 9.17) is 0 Å². The summed E-state index contributed by atoms with van der Waals surface area (Å²) < 4.78 is -0.653. The maximum atomic E-state index is 14.1. The van der Waals surface area contributed by atoms with Crippen molar-refractivity contribution in [3.8, 4) is 0 Å². The van der Waals surface area contributed by atoms with E-state index in [-0.39, 0.29) is 36.1 Å². The van der Waals surface area contributed by atoms with Crippen molar-refractivity contribution < 1.29 is 19.5 Å². The van der Waals surface area contributed by atoms with Crippen LogP contribution >= 0.6 is 11.8 Å². The van der Waals surface area contributed by atoms with Gasteiger partial charge in [-0.3, -0.25) is 14.4 Å². The smallest absolute Gasteiger partial charge is 0.247 e. The number of aliphatic hydroxyl groups excluding tert-OH is 1. The van der Waals surface area contributed by atoms with Gasteiger partial charge >= 0.3 is 0 Å². The zero-order valence-electron chi connectivity index (χ0n) is 19.6. The van der Waals surface area contributed by atoms with E-state index in [1.807, 2.05) is 30.3 Å². The van der Waals surface area contributed by atoms with Gasteiger partial charge in [0.2, 0.25) is 17.7 Å². The van der Waals surface area contributed by atoms with E-state index >= 15 is 0 Å². The first kappa shape index (κ1) is 24.5. The van der Waals surface area contributed by atoms with Gasteiger partial charge in [0.15, 0.2) is 0 Å². The number of aliphatic hydroxyl groups is 1. The zero-order valence-corrected chi connectivity index (χ0v) is 20.5. The number of fused-ring (bicyclic) bond motifs is 1. The summed E-state index contributed by atoms with van der Waals surface area (Å²) in [6.45, 7) is 8.56. The van der Waals surface area contributed by atoms with Crippen LogP contribution in [0.5, 0.6) is 0 Å². The highest BCUT2D eigenvalue weighted by atomic mass is 32.2. The van der Waals surface area contributed by atoms with Gasteiger partial charge in [0.05, 0.1) is 23.2 Å². The SMILES string of the molecule is C=CCN(C)C(=O)[C@@H]1[C@H]2C(=O)N(CCO)C(C(=O)N(CC=C)Cc3ccccc3)C23CC[C@H]1S3. The van der Waals surface area contributed by atoms with Crippen LogP contribution in [-0.2, 0) is 20.9 Å². The molecule has 8 heteroatoms. The lowest BCUT2D eigenvalue weighted by Crippen LogP contribution is -2.55. The average molecular weight is 484 g/mol. The Labute approximate surface area is 205 Å². The number of β-amino-alcohol motifs (C(OH)–C–C–N with tert-alkyl or cyclic N) is 1. The first-order chi connectivity index (χ1) is 16.4. The molecule has 34 heavy (non-hydrogen) atoms. The van der Waals surface area contributed by atoms with E-state index in [1.54, 1.807) is 40.8 Å². The molecule has 0 saturated carbocycles. The van der Waals surface area contributed by atoms with E-state index in [1.165, 1.54) is 4.90 Å². The van der Waals surface area contributed by atoms with Gasteiger partial charge in [-0.25, -0.2) is 0 Å². The maximum Gasteiger partial charge on any atom is 0.247 e. The molecule has 1 N–H and O–H groups in total. The highest BCUT2D eigenvalue weighted by Gasteiger charge is 2.73. The van der Waals surface area contributed by atoms with Gasteiger partial charge in [-0.05, 0) is 18.4 Å². The van der Waals surface area contributed by atoms with Crippen molar-refractivity contribution >= 4 is 29.5 Å². The number of thioether (sulfide) groups is 1. The number of likely N-dealkylation sites (N-methyl/N-ethyl adjacent to an activating group) is 1. The van der Waals surface area contributed by atoms with Crippen LogP contribution in [0.2, 0.25) is 0 Å².